The molecule has 2 aromatic carbocycles. The maximum absolute atomic E-state index is 7.89. The van der Waals surface area contributed by atoms with E-state index in [-0.39, 0.29) is 7.35 Å². The molecule has 0 saturated carbocycles. The number of fused-ring (bicyclic) bond motifs is 2. The van der Waals surface area contributed by atoms with Gasteiger partial charge < -0.3 is 0 Å². The zero-order valence-electron chi connectivity index (χ0n) is 14.3. The molecule has 2 unspecified atom stereocenters. The summed E-state index contributed by atoms with van der Waals surface area (Å²) < 4.78 is 4.74. The molecule has 0 N–H and O–H groups in total. The zero-order chi connectivity index (χ0) is 17.3. The first kappa shape index (κ1) is 17.0. The fourth-order valence-corrected chi connectivity index (χ4v) is 39.0. The van der Waals surface area contributed by atoms with Crippen LogP contribution < -0.4 is 0 Å². The zero-order valence-corrected chi connectivity index (χ0v) is 21.4. The average Bonchev–Trinajstić information content (AvgIpc) is 3.11. The normalized spacial score (nSPS) is 26.2. The molecule has 0 saturated heterocycles. The molecule has 0 bridgehead atoms. The van der Waals surface area contributed by atoms with Gasteiger partial charge in [-0.3, -0.25) is 0 Å². The van der Waals surface area contributed by atoms with Crippen molar-refractivity contribution in [3.05, 3.63) is 82.9 Å². The summed E-state index contributed by atoms with van der Waals surface area (Å²) in [5, 5.41) is 0. The van der Waals surface area contributed by atoms with Crippen LogP contribution in [-0.2, 0) is 12.4 Å². The van der Waals surface area contributed by atoms with Crippen molar-refractivity contribution < 1.29 is 12.4 Å². The van der Waals surface area contributed by atoms with Crippen LogP contribution in [0.25, 0.3) is 12.2 Å². The van der Waals surface area contributed by atoms with Gasteiger partial charge in [-0.25, -0.2) is 0 Å². The van der Waals surface area contributed by atoms with Crippen molar-refractivity contribution in [1.29, 1.82) is 0 Å². The van der Waals surface area contributed by atoms with Gasteiger partial charge in [0.15, 0.2) is 0 Å². The van der Waals surface area contributed by atoms with Crippen LogP contribution in [0.4, 0.5) is 0 Å². The van der Waals surface area contributed by atoms with Crippen LogP contribution in [0.15, 0.2) is 60.7 Å². The molecule has 0 amide bonds. The van der Waals surface area contributed by atoms with Gasteiger partial charge in [-0.15, -0.1) is 0 Å². The minimum atomic E-state index is -5.26. The average molecular weight is 541 g/mol. The Bertz CT molecular complexity index is 875. The fourth-order valence-electron chi connectivity index (χ4n) is 4.87. The van der Waals surface area contributed by atoms with Crippen LogP contribution in [0, 0.1) is 0 Å². The molecule has 0 heterocycles. The van der Waals surface area contributed by atoms with Gasteiger partial charge in [-0.2, -0.15) is 0 Å². The Morgan fingerprint density at radius 2 is 1.12 bits per heavy atom. The van der Waals surface area contributed by atoms with Gasteiger partial charge in [0, 0.05) is 0 Å². The summed E-state index contributed by atoms with van der Waals surface area (Å²) in [5.41, 5.74) is 5.11. The molecule has 0 radical (unpaired) electrons. The predicted molar refractivity (Wildman–Crippen MR) is 110 cm³/mol. The SMILES string of the molecule is [CH3][Hf]([CH3])([SiH3])([Cl])([Cl])([CH]1C=Cc2ccccc21)[CH]1C=Cc2ccccc21. The van der Waals surface area contributed by atoms with E-state index in [9.17, 15) is 0 Å². The van der Waals surface area contributed by atoms with Gasteiger partial charge in [0.1, 0.15) is 0 Å². The first-order chi connectivity index (χ1) is 10.9. The number of halogens is 2. The van der Waals surface area contributed by atoms with E-state index in [1.807, 2.05) is 0 Å². The number of hydrogen-bond acceptors (Lipinski definition) is 0. The van der Waals surface area contributed by atoms with Gasteiger partial charge in [-0.05, 0) is 0 Å². The second-order valence-corrected chi connectivity index (χ2v) is 125. The van der Waals surface area contributed by atoms with Gasteiger partial charge in [-0.1, -0.05) is 0 Å². The van der Waals surface area contributed by atoms with Gasteiger partial charge in [0.2, 0.25) is 0 Å². The summed E-state index contributed by atoms with van der Waals surface area (Å²) in [7, 11) is 16.6. The Morgan fingerprint density at radius 1 is 0.750 bits per heavy atom. The van der Waals surface area contributed by atoms with E-state index in [1.165, 1.54) is 22.3 Å². The summed E-state index contributed by atoms with van der Waals surface area (Å²) in [6.45, 7) is 0. The number of allylic oxidation sites excluding steroid dienone is 2. The van der Waals surface area contributed by atoms with Crippen molar-refractivity contribution in [3.8, 4) is 0 Å². The molecule has 2 atom stereocenters. The molecular weight excluding hydrogens is 518 g/mol. The number of benzene rings is 2. The molecule has 0 nitrogen and oxygen atoms in total. The number of hydrogen-bond donors (Lipinski definition) is 0. The van der Waals surface area contributed by atoms with Crippen molar-refractivity contribution in [3.63, 3.8) is 0 Å². The first-order valence-electron chi connectivity index (χ1n) is 8.60. The monoisotopic (exact) mass is 541 g/mol. The third-order valence-electron chi connectivity index (χ3n) is 6.29. The molecule has 4 rings (SSSR count). The molecule has 2 aliphatic rings. The second kappa shape index (κ2) is 4.11. The van der Waals surface area contributed by atoms with Crippen molar-refractivity contribution in [2.75, 3.05) is 0 Å². The first-order valence-corrected chi connectivity index (χ1v) is 40.6. The topological polar surface area (TPSA) is 0 Å². The molecule has 2 aromatic rings. The van der Waals surface area contributed by atoms with Crippen molar-refractivity contribution >= 4 is 36.7 Å². The van der Waals surface area contributed by atoms with Crippen molar-refractivity contribution in [1.82, 2.24) is 0 Å². The Balaban J connectivity index is 2.01. The van der Waals surface area contributed by atoms with Crippen LogP contribution in [0.3, 0.4) is 0 Å². The third kappa shape index (κ3) is 2.26. The second-order valence-electron chi connectivity index (χ2n) is 9.97. The van der Waals surface area contributed by atoms with Gasteiger partial charge >= 0.3 is 149 Å². The number of rotatable bonds is 2. The molecule has 0 aliphatic heterocycles. The maximum atomic E-state index is 7.89. The van der Waals surface area contributed by atoms with E-state index in [4.69, 9.17) is 17.2 Å². The van der Waals surface area contributed by atoms with Crippen molar-refractivity contribution in [2.24, 2.45) is 0 Å². The Labute approximate surface area is 147 Å². The molecule has 24 heavy (non-hydrogen) atoms. The van der Waals surface area contributed by atoms with E-state index in [2.05, 4.69) is 82.2 Å². The Hall–Kier alpha value is -0.413. The molecular formula is C20H23Cl2HfSi. The van der Waals surface area contributed by atoms with Crippen LogP contribution in [-0.4, -0.2) is 7.43 Å². The Kier molecular flexibility index (Phi) is 2.92. The van der Waals surface area contributed by atoms with E-state index in [0.717, 1.165) is 7.43 Å². The molecule has 125 valence electrons. The van der Waals surface area contributed by atoms with E-state index in [0.29, 0.717) is 0 Å². The van der Waals surface area contributed by atoms with Crippen LogP contribution >= 0.6 is 17.2 Å². The standard InChI is InChI=1S/2C9H7.2CH3.2ClH.Hf.H3Si/c2*1-2-5-9-7-3-6-8(9)4-1;;;;;;/h2*1-7H;2*1H3;2*1H;;1H3/q;;;;;;+2;/p-2. The summed E-state index contributed by atoms with van der Waals surface area (Å²) in [5.74, 6) is 0. The molecule has 0 aromatic heterocycles. The summed E-state index contributed by atoms with van der Waals surface area (Å²) >= 11 is -5.26. The van der Waals surface area contributed by atoms with Gasteiger partial charge in [0.25, 0.3) is 0 Å². The van der Waals surface area contributed by atoms with E-state index < -0.39 is 12.4 Å². The summed E-state index contributed by atoms with van der Waals surface area (Å²) in [6, 6.07) is 17.1. The summed E-state index contributed by atoms with van der Waals surface area (Å²) in [6.07, 6.45) is 8.96. The quantitative estimate of drug-likeness (QED) is 0.412. The Morgan fingerprint density at radius 3 is 1.54 bits per heavy atom. The molecule has 0 fully saturated rings. The van der Waals surface area contributed by atoms with Gasteiger partial charge in [0.05, 0.1) is 0 Å². The molecule has 4 heteroatoms. The fraction of sp³-hybridized carbons (Fsp3) is 0.200. The molecule has 0 spiro atoms. The minimum absolute atomic E-state index is 0.112. The predicted octanol–water partition coefficient (Wildman–Crippen LogP) is 5.97. The van der Waals surface area contributed by atoms with Crippen LogP contribution in [0.5, 0.6) is 0 Å². The van der Waals surface area contributed by atoms with Crippen molar-refractivity contribution in [2.45, 2.75) is 16.7 Å². The summed E-state index contributed by atoms with van der Waals surface area (Å²) in [4.78, 5) is 0. The van der Waals surface area contributed by atoms with E-state index >= 15 is 0 Å². The van der Waals surface area contributed by atoms with Crippen LogP contribution in [0.2, 0.25) is 9.36 Å². The molecule has 2 aliphatic carbocycles. The van der Waals surface area contributed by atoms with Crippen LogP contribution in [0.1, 0.15) is 29.6 Å². The van der Waals surface area contributed by atoms with E-state index in [1.54, 1.807) is 0 Å². The third-order valence-corrected chi connectivity index (χ3v) is 47.2.